The highest BCUT2D eigenvalue weighted by Crippen LogP contribution is 2.30. The number of likely N-dealkylation sites (N-methyl/N-ethyl adjacent to an activating group) is 1. The smallest absolute Gasteiger partial charge is 0.201 e. The number of carbonyl (C=O) groups excluding carboxylic acids is 2. The average Bonchev–Trinajstić information content (AvgIpc) is 3.39. The number of hydrogen-bond donors (Lipinski definition) is 1. The quantitative estimate of drug-likeness (QED) is 0.325. The maximum Gasteiger partial charge on any atom is 0.201 e. The van der Waals surface area contributed by atoms with Gasteiger partial charge in [-0.25, -0.2) is 9.37 Å². The van der Waals surface area contributed by atoms with Crippen LogP contribution in [0.4, 0.5) is 14.5 Å². The van der Waals surface area contributed by atoms with Crippen molar-refractivity contribution in [3.8, 4) is 23.1 Å². The number of nitrogens with zero attached hydrogens (tertiary/aromatic N) is 6. The first kappa shape index (κ1) is 36.3. The fourth-order valence-electron chi connectivity index (χ4n) is 4.19. The molecule has 1 aromatic heterocycles. The third-order valence-corrected chi connectivity index (χ3v) is 7.16. The number of aldehydes is 2. The molecule has 13 heteroatoms. The van der Waals surface area contributed by atoms with Crippen molar-refractivity contribution in [2.75, 3.05) is 79.4 Å². The number of nitriles is 1. The molecule has 0 saturated carbocycles. The third kappa shape index (κ3) is 11.0. The number of piperazine rings is 1. The zero-order valence-electron chi connectivity index (χ0n) is 25.8. The normalized spacial score (nSPS) is 13.2. The summed E-state index contributed by atoms with van der Waals surface area (Å²) in [5.74, 6) is -2.55. The summed E-state index contributed by atoms with van der Waals surface area (Å²) in [7, 11) is 9.81. The van der Waals surface area contributed by atoms with Crippen LogP contribution in [0.15, 0.2) is 36.5 Å². The molecule has 2 aromatic carbocycles. The number of halogens is 3. The molecule has 1 aliphatic heterocycles. The zero-order valence-corrected chi connectivity index (χ0v) is 26.6. The molecule has 1 saturated heterocycles. The summed E-state index contributed by atoms with van der Waals surface area (Å²) in [6.45, 7) is 7.09. The van der Waals surface area contributed by atoms with Gasteiger partial charge in [0.15, 0.2) is 36.6 Å². The lowest BCUT2D eigenvalue weighted by atomic mass is 10.1. The summed E-state index contributed by atoms with van der Waals surface area (Å²) >= 11 is 5.74. The number of rotatable bonds is 10. The van der Waals surface area contributed by atoms with E-state index in [-0.39, 0.29) is 29.4 Å². The van der Waals surface area contributed by atoms with Gasteiger partial charge >= 0.3 is 0 Å². The molecule has 44 heavy (non-hydrogen) atoms. The number of aromatic nitrogens is 2. The summed E-state index contributed by atoms with van der Waals surface area (Å²) in [5.41, 5.74) is 1.64. The highest BCUT2D eigenvalue weighted by molar-refractivity contribution is 6.33. The summed E-state index contributed by atoms with van der Waals surface area (Å²) in [5, 5.41) is 11.7. The molecule has 0 radical (unpaired) electrons. The number of ether oxygens (including phenoxy) is 1. The van der Waals surface area contributed by atoms with E-state index in [1.807, 2.05) is 0 Å². The second kappa shape index (κ2) is 18.7. The van der Waals surface area contributed by atoms with Gasteiger partial charge in [-0.1, -0.05) is 11.6 Å². The molecule has 1 aliphatic rings. The number of nitrogens with one attached hydrogen (secondary N) is 1. The van der Waals surface area contributed by atoms with E-state index in [1.165, 1.54) is 75.6 Å². The van der Waals surface area contributed by atoms with Crippen molar-refractivity contribution < 1.29 is 23.1 Å². The van der Waals surface area contributed by atoms with Crippen LogP contribution in [0.1, 0.15) is 27.4 Å². The second-order valence-corrected chi connectivity index (χ2v) is 10.7. The molecule has 238 valence electrons. The van der Waals surface area contributed by atoms with Crippen molar-refractivity contribution in [2.24, 2.45) is 7.05 Å². The Morgan fingerprint density at radius 2 is 1.80 bits per heavy atom. The first-order valence-electron chi connectivity index (χ1n) is 14.0. The van der Waals surface area contributed by atoms with E-state index in [9.17, 15) is 18.4 Å². The minimum atomic E-state index is -1.19. The van der Waals surface area contributed by atoms with E-state index in [4.69, 9.17) is 21.6 Å². The van der Waals surface area contributed by atoms with Gasteiger partial charge in [0, 0.05) is 57.1 Å². The van der Waals surface area contributed by atoms with E-state index in [0.717, 1.165) is 12.0 Å². The largest absolute Gasteiger partial charge is 0.476 e. The number of carbonyl (C=O) groups is 2. The number of benzene rings is 2. The molecule has 2 heterocycles. The third-order valence-electron chi connectivity index (χ3n) is 6.84. The monoisotopic (exact) mass is 631 g/mol. The Kier molecular flexibility index (Phi) is 15.4. The van der Waals surface area contributed by atoms with Crippen molar-refractivity contribution in [3.63, 3.8) is 0 Å². The van der Waals surface area contributed by atoms with Gasteiger partial charge in [-0.05, 0) is 71.0 Å². The molecule has 1 fully saturated rings. The lowest BCUT2D eigenvalue weighted by Crippen LogP contribution is -2.45. The van der Waals surface area contributed by atoms with Crippen LogP contribution in [0.3, 0.4) is 0 Å². The maximum absolute atomic E-state index is 14.0. The fraction of sp³-hybridized carbons (Fsp3) is 0.419. The van der Waals surface area contributed by atoms with Crippen LogP contribution in [0.2, 0.25) is 5.02 Å². The Hall–Kier alpha value is -3.89. The lowest BCUT2D eigenvalue weighted by molar-refractivity contribution is 0.110. The lowest BCUT2D eigenvalue weighted by Gasteiger charge is -2.32. The molecule has 4 rings (SSSR count). The molecule has 0 bridgehead atoms. The number of anilines is 1. The van der Waals surface area contributed by atoms with Crippen LogP contribution in [0.25, 0.3) is 11.3 Å². The van der Waals surface area contributed by atoms with Crippen molar-refractivity contribution in [2.45, 2.75) is 6.42 Å². The van der Waals surface area contributed by atoms with Gasteiger partial charge in [-0.15, -0.1) is 0 Å². The number of hydrogen-bond acceptors (Lipinski definition) is 9. The molecule has 0 aliphatic carbocycles. The zero-order chi connectivity index (χ0) is 32.6. The molecule has 0 atom stereocenters. The van der Waals surface area contributed by atoms with Gasteiger partial charge in [-0.3, -0.25) is 9.59 Å². The van der Waals surface area contributed by atoms with Crippen molar-refractivity contribution in [1.82, 2.24) is 24.3 Å². The van der Waals surface area contributed by atoms with Gasteiger partial charge in [-0.2, -0.15) is 9.65 Å². The Balaban J connectivity index is 0.000000244. The Bertz CT molecular complexity index is 1400. The molecule has 0 spiro atoms. The van der Waals surface area contributed by atoms with E-state index < -0.39 is 11.6 Å². The molecule has 0 amide bonds. The second-order valence-electron chi connectivity index (χ2n) is 10.3. The fourth-order valence-corrected chi connectivity index (χ4v) is 4.42. The van der Waals surface area contributed by atoms with Crippen LogP contribution in [-0.4, -0.2) is 111 Å². The Labute approximate surface area is 262 Å². The Morgan fingerprint density at radius 3 is 2.34 bits per heavy atom. The van der Waals surface area contributed by atoms with Gasteiger partial charge in [0.2, 0.25) is 5.82 Å². The molecule has 3 aromatic rings. The predicted octanol–water partition coefficient (Wildman–Crippen LogP) is 4.46. The standard InChI is InChI=1S/C13H9F2N3O2.C10H23N3.C8H8ClNO/c1-18-9(6-17-11(18)7-19)8-2-3-10(20-5-4-16)13(15)12(8)14;1-11(2)5-4-6-13-9-7-12(3)8-10-13;1-10-7-3-2-6(5-11)8(9)4-7/h2-3,6-7H,5H2,1H3;4-10H2,1-3H3;2-5,10H,1H3. The minimum absolute atomic E-state index is 0.0464. The van der Waals surface area contributed by atoms with Crippen molar-refractivity contribution in [1.29, 1.82) is 5.26 Å². The van der Waals surface area contributed by atoms with Crippen LogP contribution in [-0.2, 0) is 7.05 Å². The maximum atomic E-state index is 14.0. The molecule has 10 nitrogen and oxygen atoms in total. The summed E-state index contributed by atoms with van der Waals surface area (Å²) < 4.78 is 33.9. The van der Waals surface area contributed by atoms with Crippen LogP contribution in [0, 0.1) is 23.0 Å². The average molecular weight is 632 g/mol. The molecular formula is C31H40ClF2N7O3. The predicted molar refractivity (Wildman–Crippen MR) is 169 cm³/mol. The van der Waals surface area contributed by atoms with E-state index in [2.05, 4.69) is 46.1 Å². The highest BCUT2D eigenvalue weighted by Gasteiger charge is 2.19. The first-order chi connectivity index (χ1) is 21.1. The SMILES string of the molecule is CN(C)CCCN1CCN(C)CC1.CNc1ccc(C=O)c(Cl)c1.Cn1c(-c2ccc(OCC#N)c(F)c2F)cnc1C=O. The number of imidazole rings is 1. The first-order valence-corrected chi connectivity index (χ1v) is 14.4. The van der Waals surface area contributed by atoms with Gasteiger partial charge in [0.25, 0.3) is 0 Å². The minimum Gasteiger partial charge on any atom is -0.476 e. The molecule has 0 unspecified atom stereocenters. The molecular weight excluding hydrogens is 592 g/mol. The topological polar surface area (TPSA) is 107 Å². The van der Waals surface area contributed by atoms with Crippen molar-refractivity contribution >= 4 is 29.9 Å². The Morgan fingerprint density at radius 1 is 1.09 bits per heavy atom. The van der Waals surface area contributed by atoms with Gasteiger partial charge in [0.1, 0.15) is 6.07 Å². The van der Waals surface area contributed by atoms with Gasteiger partial charge < -0.3 is 29.3 Å². The summed E-state index contributed by atoms with van der Waals surface area (Å²) in [4.78, 5) is 32.0. The summed E-state index contributed by atoms with van der Waals surface area (Å²) in [6.07, 6.45) is 3.83. The van der Waals surface area contributed by atoms with Crippen LogP contribution >= 0.6 is 11.6 Å². The van der Waals surface area contributed by atoms with Crippen LogP contribution in [0.5, 0.6) is 5.75 Å². The van der Waals surface area contributed by atoms with E-state index in [1.54, 1.807) is 31.3 Å². The van der Waals surface area contributed by atoms with Crippen LogP contribution < -0.4 is 10.1 Å². The van der Waals surface area contributed by atoms with E-state index in [0.29, 0.717) is 16.9 Å². The van der Waals surface area contributed by atoms with Crippen molar-refractivity contribution in [3.05, 3.63) is 64.6 Å². The highest BCUT2D eigenvalue weighted by atomic mass is 35.5. The van der Waals surface area contributed by atoms with Gasteiger partial charge in [0.05, 0.1) is 16.9 Å². The summed E-state index contributed by atoms with van der Waals surface area (Å²) in [6, 6.07) is 9.38. The molecule has 1 N–H and O–H groups in total. The van der Waals surface area contributed by atoms with E-state index >= 15 is 0 Å².